The Kier molecular flexibility index (Phi) is 8.97. The Morgan fingerprint density at radius 3 is 2.39 bits per heavy atom. The van der Waals surface area contributed by atoms with Crippen molar-refractivity contribution in [2.24, 2.45) is 5.84 Å². The zero-order valence-corrected chi connectivity index (χ0v) is 18.8. The molecular formula is C21H20F6N3O5S-. The maximum absolute atomic E-state index is 13.6. The Morgan fingerprint density at radius 1 is 1.14 bits per heavy atom. The molecule has 0 aromatic heterocycles. The first kappa shape index (κ1) is 27.9. The lowest BCUT2D eigenvalue weighted by molar-refractivity contribution is -0.274. The number of aliphatic hydroxyl groups excluding tert-OH is 3. The van der Waals surface area contributed by atoms with Gasteiger partial charge in [-0.05, 0) is 30.3 Å². The quantitative estimate of drug-likeness (QED) is 0.150. The number of nitrogens with one attached hydrogen (secondary N) is 1. The summed E-state index contributed by atoms with van der Waals surface area (Å²) in [6.07, 6.45) is -8.37. The van der Waals surface area contributed by atoms with Crippen molar-refractivity contribution in [1.29, 1.82) is 0 Å². The maximum atomic E-state index is 13.6. The van der Waals surface area contributed by atoms with Gasteiger partial charge in [-0.3, -0.25) is 5.84 Å². The molecule has 0 amide bonds. The van der Waals surface area contributed by atoms with Crippen LogP contribution < -0.4 is 16.0 Å². The molecular weight excluding hydrogens is 520 g/mol. The lowest BCUT2D eigenvalue weighted by Gasteiger charge is -2.48. The van der Waals surface area contributed by atoms with Crippen LogP contribution in [0.25, 0.3) is 11.0 Å². The number of nitrogens with zero attached hydrogens (tertiary/aromatic N) is 1. The van der Waals surface area contributed by atoms with Gasteiger partial charge in [0.2, 0.25) is 0 Å². The number of alkyl halides is 3. The maximum Gasteiger partial charge on any atom is 0.573 e. The SMILES string of the molecule is NN/C(=C\[N-]C1C(O)[C@@H](Sc2cccc(OC(F)(F)F)c2)OC(CO)[C@@H]1O)c1cc(F)c(F)c(F)c1. The highest BCUT2D eigenvalue weighted by atomic mass is 32.2. The smallest absolute Gasteiger partial charge is 0.573 e. The minimum atomic E-state index is -4.92. The summed E-state index contributed by atoms with van der Waals surface area (Å²) >= 11 is 0.776. The Hall–Kier alpha value is -2.69. The Morgan fingerprint density at radius 2 is 1.81 bits per heavy atom. The summed E-state index contributed by atoms with van der Waals surface area (Å²) in [5, 5.41) is 34.8. The molecule has 15 heteroatoms. The summed E-state index contributed by atoms with van der Waals surface area (Å²) in [7, 11) is 0. The molecule has 36 heavy (non-hydrogen) atoms. The van der Waals surface area contributed by atoms with Crippen molar-refractivity contribution in [1.82, 2.24) is 5.43 Å². The summed E-state index contributed by atoms with van der Waals surface area (Å²) in [6, 6.07) is 4.73. The number of hydrogen-bond donors (Lipinski definition) is 5. The Bertz CT molecular complexity index is 1070. The van der Waals surface area contributed by atoms with Crippen molar-refractivity contribution < 1.29 is 51.1 Å². The number of ether oxygens (including phenoxy) is 2. The molecule has 1 fully saturated rings. The molecule has 0 spiro atoms. The lowest BCUT2D eigenvalue weighted by atomic mass is 9.97. The average Bonchev–Trinajstić information content (AvgIpc) is 2.80. The van der Waals surface area contributed by atoms with Gasteiger partial charge in [-0.15, -0.1) is 13.2 Å². The number of halogens is 6. The number of thioether (sulfide) groups is 1. The highest BCUT2D eigenvalue weighted by Gasteiger charge is 2.40. The summed E-state index contributed by atoms with van der Waals surface area (Å²) in [4.78, 5) is 0.199. The molecule has 0 radical (unpaired) electrons. The molecule has 2 aromatic rings. The van der Waals surface area contributed by atoms with Gasteiger partial charge in [0, 0.05) is 16.2 Å². The van der Waals surface area contributed by atoms with Crippen molar-refractivity contribution in [3.63, 3.8) is 0 Å². The van der Waals surface area contributed by atoms with Crippen molar-refractivity contribution in [2.75, 3.05) is 6.61 Å². The van der Waals surface area contributed by atoms with E-state index in [1.54, 1.807) is 0 Å². The van der Waals surface area contributed by atoms with Gasteiger partial charge in [0.1, 0.15) is 17.3 Å². The lowest BCUT2D eigenvalue weighted by Crippen LogP contribution is -2.56. The van der Waals surface area contributed by atoms with Crippen LogP contribution in [-0.4, -0.2) is 58.1 Å². The van der Waals surface area contributed by atoms with E-state index in [4.69, 9.17) is 10.6 Å². The van der Waals surface area contributed by atoms with Gasteiger partial charge in [0.05, 0.1) is 18.8 Å². The average molecular weight is 540 g/mol. The van der Waals surface area contributed by atoms with E-state index in [1.807, 2.05) is 0 Å². The predicted octanol–water partition coefficient (Wildman–Crippen LogP) is 2.74. The van der Waals surface area contributed by atoms with Gasteiger partial charge >= 0.3 is 6.36 Å². The van der Waals surface area contributed by atoms with E-state index in [0.717, 1.165) is 30.1 Å². The summed E-state index contributed by atoms with van der Waals surface area (Å²) in [5.41, 5.74) is 0.456. The summed E-state index contributed by atoms with van der Waals surface area (Å²) < 4.78 is 87.3. The van der Waals surface area contributed by atoms with Crippen LogP contribution in [0.4, 0.5) is 26.3 Å². The fourth-order valence-electron chi connectivity index (χ4n) is 3.29. The van der Waals surface area contributed by atoms with Crippen LogP contribution in [-0.2, 0) is 4.74 Å². The third-order valence-electron chi connectivity index (χ3n) is 4.97. The molecule has 3 unspecified atom stereocenters. The molecule has 5 atom stereocenters. The fraction of sp³-hybridized carbons (Fsp3) is 0.333. The zero-order valence-electron chi connectivity index (χ0n) is 18.0. The molecule has 2 aromatic carbocycles. The molecule has 6 N–H and O–H groups in total. The van der Waals surface area contributed by atoms with Crippen molar-refractivity contribution in [3.05, 3.63) is 70.9 Å². The largest absolute Gasteiger partial charge is 0.682 e. The molecule has 1 heterocycles. The van der Waals surface area contributed by atoms with E-state index in [1.165, 1.54) is 12.1 Å². The van der Waals surface area contributed by atoms with Crippen LogP contribution in [0.2, 0.25) is 0 Å². The van der Waals surface area contributed by atoms with Gasteiger partial charge in [0.15, 0.2) is 17.5 Å². The monoisotopic (exact) mass is 540 g/mol. The Balaban J connectivity index is 1.82. The van der Waals surface area contributed by atoms with Crippen molar-refractivity contribution >= 4 is 17.5 Å². The van der Waals surface area contributed by atoms with Crippen LogP contribution in [0.5, 0.6) is 5.75 Å². The molecule has 3 rings (SSSR count). The van der Waals surface area contributed by atoms with E-state index in [2.05, 4.69) is 15.5 Å². The fourth-order valence-corrected chi connectivity index (χ4v) is 4.39. The van der Waals surface area contributed by atoms with E-state index >= 15 is 0 Å². The zero-order chi connectivity index (χ0) is 26.6. The molecule has 0 bridgehead atoms. The first-order valence-corrected chi connectivity index (χ1v) is 11.0. The molecule has 1 aliphatic rings. The first-order valence-electron chi connectivity index (χ1n) is 10.1. The molecule has 0 aliphatic carbocycles. The van der Waals surface area contributed by atoms with Gasteiger partial charge in [0.25, 0.3) is 0 Å². The van der Waals surface area contributed by atoms with Crippen LogP contribution in [0.3, 0.4) is 0 Å². The summed E-state index contributed by atoms with van der Waals surface area (Å²) in [5.74, 6) is 0.165. The van der Waals surface area contributed by atoms with Crippen LogP contribution in [0.1, 0.15) is 5.56 Å². The van der Waals surface area contributed by atoms with E-state index < -0.39 is 66.0 Å². The number of aliphatic hydroxyl groups is 3. The molecule has 198 valence electrons. The second-order valence-corrected chi connectivity index (χ2v) is 8.60. The number of rotatable bonds is 8. The second-order valence-electron chi connectivity index (χ2n) is 7.43. The third kappa shape index (κ3) is 6.74. The van der Waals surface area contributed by atoms with Gasteiger partial charge < -0.3 is 35.5 Å². The van der Waals surface area contributed by atoms with E-state index in [-0.39, 0.29) is 16.2 Å². The van der Waals surface area contributed by atoms with Gasteiger partial charge in [-0.2, -0.15) is 6.20 Å². The Labute approximate surface area is 204 Å². The normalized spacial score (nSPS) is 24.9. The summed E-state index contributed by atoms with van der Waals surface area (Å²) in [6.45, 7) is -0.700. The van der Waals surface area contributed by atoms with Crippen LogP contribution in [0.15, 0.2) is 47.5 Å². The van der Waals surface area contributed by atoms with E-state index in [9.17, 15) is 41.7 Å². The molecule has 0 saturated carbocycles. The molecule has 1 aliphatic heterocycles. The first-order chi connectivity index (χ1) is 16.9. The van der Waals surface area contributed by atoms with E-state index in [0.29, 0.717) is 12.1 Å². The topological polar surface area (TPSA) is 131 Å². The van der Waals surface area contributed by atoms with Crippen molar-refractivity contribution in [3.8, 4) is 5.75 Å². The van der Waals surface area contributed by atoms with Crippen LogP contribution >= 0.6 is 11.8 Å². The standard InChI is InChI=1S/C21H20F6N3O5S/c22-12-4-9(5-13(23)16(12)24)14(30-28)7-29-17-18(32)15(8-31)34-20(19(17)33)36-11-3-1-2-10(6-11)35-21(25,26)27/h1-7,15,17-20,30-33H,8,28H2/q-1/b14-7-/t15?,17?,18-,19?,20+/m0/s1. The highest BCUT2D eigenvalue weighted by Crippen LogP contribution is 2.37. The van der Waals surface area contributed by atoms with Gasteiger partial charge in [-0.1, -0.05) is 23.9 Å². The third-order valence-corrected chi connectivity index (χ3v) is 6.11. The number of hydrazine groups is 1. The van der Waals surface area contributed by atoms with Crippen molar-refractivity contribution in [2.45, 2.75) is 41.0 Å². The number of hydrogen-bond acceptors (Lipinski definition) is 8. The van der Waals surface area contributed by atoms with Gasteiger partial charge in [-0.25, -0.2) is 13.2 Å². The minimum absolute atomic E-state index is 0.199. The highest BCUT2D eigenvalue weighted by molar-refractivity contribution is 7.99. The number of nitrogens with two attached hydrogens (primary N) is 1. The predicted molar refractivity (Wildman–Crippen MR) is 116 cm³/mol. The number of benzene rings is 2. The molecule has 1 saturated heterocycles. The van der Waals surface area contributed by atoms with Crippen LogP contribution in [0, 0.1) is 17.5 Å². The minimum Gasteiger partial charge on any atom is -0.682 e. The second kappa shape index (κ2) is 11.6. The molecule has 8 nitrogen and oxygen atoms in total.